The third-order valence-electron chi connectivity index (χ3n) is 7.79. The van der Waals surface area contributed by atoms with E-state index in [1.54, 1.807) is 0 Å². The molecule has 13 N–H and O–H groups in total. The summed E-state index contributed by atoms with van der Waals surface area (Å²) in [6.07, 6.45) is -33.2. The van der Waals surface area contributed by atoms with Crippen molar-refractivity contribution in [2.75, 3.05) is 26.4 Å². The van der Waals surface area contributed by atoms with Gasteiger partial charge in [0, 0.05) is 0 Å². The summed E-state index contributed by atoms with van der Waals surface area (Å²) in [7, 11) is 0. The van der Waals surface area contributed by atoms with E-state index in [0.29, 0.717) is 0 Å². The number of hydrogen-bond donors (Lipinski definition) is 13. The third-order valence-corrected chi connectivity index (χ3v) is 7.79. The summed E-state index contributed by atoms with van der Waals surface area (Å²) in [6.45, 7) is -2.71. The number of hydrogen-bond acceptors (Lipinski definition) is 20. The first-order chi connectivity index (χ1) is 20.3. The first kappa shape index (κ1) is 35.1. The predicted octanol–water partition coefficient (Wildman–Crippen LogP) is -9.11. The van der Waals surface area contributed by atoms with E-state index in [0.717, 1.165) is 0 Å². The molecule has 19 atom stereocenters. The smallest absolute Gasteiger partial charge is 0.187 e. The Bertz CT molecular complexity index is 869. The van der Waals surface area contributed by atoms with Crippen LogP contribution < -0.4 is 0 Å². The van der Waals surface area contributed by atoms with Crippen molar-refractivity contribution < 1.29 is 99.5 Å². The molecule has 20 heteroatoms. The van der Waals surface area contributed by atoms with Crippen LogP contribution in [0.2, 0.25) is 0 Å². The molecule has 4 fully saturated rings. The summed E-state index contributed by atoms with van der Waals surface area (Å²) in [5.74, 6) is 0. The van der Waals surface area contributed by atoms with Crippen molar-refractivity contribution in [2.45, 2.75) is 117 Å². The summed E-state index contributed by atoms with van der Waals surface area (Å²) >= 11 is 0. The van der Waals surface area contributed by atoms with Crippen molar-refractivity contribution >= 4 is 0 Å². The van der Waals surface area contributed by atoms with Crippen LogP contribution in [0, 0.1) is 0 Å². The molecular weight excluding hydrogens is 596 g/mol. The van der Waals surface area contributed by atoms with Crippen LogP contribution >= 0.6 is 0 Å². The highest BCUT2D eigenvalue weighted by molar-refractivity contribution is 4.96. The van der Waals surface area contributed by atoms with Crippen molar-refractivity contribution in [1.82, 2.24) is 0 Å². The van der Waals surface area contributed by atoms with E-state index in [1.165, 1.54) is 0 Å². The average Bonchev–Trinajstić information content (AvgIpc) is 2.99. The van der Waals surface area contributed by atoms with Crippen LogP contribution in [-0.4, -0.2) is 210 Å². The summed E-state index contributed by atoms with van der Waals surface area (Å²) in [5, 5.41) is 132. The normalized spacial score (nSPS) is 53.1. The molecule has 0 unspecified atom stereocenters. The van der Waals surface area contributed by atoms with E-state index in [1.807, 2.05) is 0 Å². The third kappa shape index (κ3) is 7.29. The Hall–Kier alpha value is -0.800. The van der Waals surface area contributed by atoms with Gasteiger partial charge in [0.2, 0.25) is 0 Å². The zero-order chi connectivity index (χ0) is 31.7. The van der Waals surface area contributed by atoms with Gasteiger partial charge in [0.15, 0.2) is 25.2 Å². The number of rotatable bonds is 9. The summed E-state index contributed by atoms with van der Waals surface area (Å²) < 4.78 is 37.5. The Morgan fingerprint density at radius 3 is 1.63 bits per heavy atom. The van der Waals surface area contributed by atoms with Crippen LogP contribution in [0.25, 0.3) is 0 Å². The first-order valence-electron chi connectivity index (χ1n) is 13.5. The number of ether oxygens (including phenoxy) is 7. The fraction of sp³-hybridized carbons (Fsp3) is 1.00. The van der Waals surface area contributed by atoms with Gasteiger partial charge in [-0.15, -0.1) is 0 Å². The highest BCUT2D eigenvalue weighted by Crippen LogP contribution is 2.33. The summed E-state index contributed by atoms with van der Waals surface area (Å²) in [4.78, 5) is 0. The van der Waals surface area contributed by atoms with Crippen molar-refractivity contribution in [1.29, 1.82) is 0 Å². The highest BCUT2D eigenvalue weighted by atomic mass is 16.8. The molecule has 4 heterocycles. The van der Waals surface area contributed by atoms with Gasteiger partial charge in [0.1, 0.15) is 91.6 Å². The Morgan fingerprint density at radius 2 is 1.00 bits per heavy atom. The molecule has 4 aliphatic rings. The van der Waals surface area contributed by atoms with E-state index in [4.69, 9.17) is 33.2 Å². The lowest BCUT2D eigenvalue weighted by atomic mass is 9.96. The van der Waals surface area contributed by atoms with Crippen LogP contribution in [0.5, 0.6) is 0 Å². The Balaban J connectivity index is 1.55. The Labute approximate surface area is 243 Å². The molecule has 20 nitrogen and oxygen atoms in total. The first-order valence-corrected chi connectivity index (χ1v) is 13.5. The van der Waals surface area contributed by atoms with Crippen molar-refractivity contribution in [3.63, 3.8) is 0 Å². The highest BCUT2D eigenvalue weighted by Gasteiger charge is 2.54. The van der Waals surface area contributed by atoms with Crippen molar-refractivity contribution in [3.8, 4) is 0 Å². The predicted molar refractivity (Wildman–Crippen MR) is 128 cm³/mol. The van der Waals surface area contributed by atoms with E-state index in [-0.39, 0.29) is 0 Å². The average molecular weight is 637 g/mol. The molecule has 0 aliphatic carbocycles. The second kappa shape index (κ2) is 14.7. The fourth-order valence-corrected chi connectivity index (χ4v) is 5.15. The largest absolute Gasteiger partial charge is 0.394 e. The van der Waals surface area contributed by atoms with E-state index in [2.05, 4.69) is 0 Å². The molecule has 43 heavy (non-hydrogen) atoms. The van der Waals surface area contributed by atoms with Crippen LogP contribution in [0.1, 0.15) is 0 Å². The SMILES string of the molecule is OC[C@H]1O[C@@H](O[C@H]2[C@@H](O)[C@@H](CO[C@@H]3OC[C@H](O)[C@H](O)[C@H]3O)O[C@@H](O[C@@H]3[C@@H](O)[C@H](O)O[C@H](CO)[C@@H]3O)[C@@H]2O)[C@H](O)[C@@H](O)[C@H]1O. The molecule has 4 aliphatic heterocycles. The maximum Gasteiger partial charge on any atom is 0.187 e. The lowest BCUT2D eigenvalue weighted by Gasteiger charge is -2.48. The maximum absolute atomic E-state index is 11.1. The van der Waals surface area contributed by atoms with Gasteiger partial charge in [-0.25, -0.2) is 0 Å². The summed E-state index contributed by atoms with van der Waals surface area (Å²) in [5.41, 5.74) is 0. The van der Waals surface area contributed by atoms with Gasteiger partial charge in [0.25, 0.3) is 0 Å². The second-order valence-corrected chi connectivity index (χ2v) is 10.7. The topological polar surface area (TPSA) is 328 Å². The van der Waals surface area contributed by atoms with E-state index in [9.17, 15) is 66.4 Å². The monoisotopic (exact) mass is 636 g/mol. The van der Waals surface area contributed by atoms with Gasteiger partial charge in [-0.3, -0.25) is 0 Å². The zero-order valence-corrected chi connectivity index (χ0v) is 22.5. The Kier molecular flexibility index (Phi) is 12.0. The number of aliphatic hydroxyl groups excluding tert-OH is 13. The van der Waals surface area contributed by atoms with E-state index >= 15 is 0 Å². The summed E-state index contributed by atoms with van der Waals surface area (Å²) in [6, 6.07) is 0. The zero-order valence-electron chi connectivity index (χ0n) is 22.5. The van der Waals surface area contributed by atoms with E-state index < -0.39 is 143 Å². The van der Waals surface area contributed by atoms with Crippen LogP contribution in [0.4, 0.5) is 0 Å². The van der Waals surface area contributed by atoms with Crippen LogP contribution in [0.15, 0.2) is 0 Å². The van der Waals surface area contributed by atoms with Gasteiger partial charge in [-0.2, -0.15) is 0 Å². The molecule has 0 spiro atoms. The fourth-order valence-electron chi connectivity index (χ4n) is 5.15. The van der Waals surface area contributed by atoms with Gasteiger partial charge >= 0.3 is 0 Å². The van der Waals surface area contributed by atoms with Gasteiger partial charge in [0.05, 0.1) is 26.4 Å². The molecule has 0 bridgehead atoms. The van der Waals surface area contributed by atoms with Crippen molar-refractivity contribution in [2.24, 2.45) is 0 Å². The molecule has 0 aromatic rings. The number of aliphatic hydroxyl groups is 13. The molecule has 0 aromatic carbocycles. The molecule has 0 saturated carbocycles. The minimum absolute atomic E-state index is 0.419. The standard InChI is InChI=1S/C23H40O20/c24-1-6-10(28)13(31)15(33)22(40-6)43-19-12(30)8(4-38-21-14(32)9(27)5(26)3-37-21)41-23(17(19)35)42-18-11(29)7(2-25)39-20(36)16(18)34/h5-36H,1-4H2/t5-,6+,7+,8+,9-,10-,11-,12-,13-,14+,15+,16+,17+,18-,19-,20+,21-,22-,23-/m0/s1. The molecule has 0 radical (unpaired) electrons. The van der Waals surface area contributed by atoms with Crippen LogP contribution in [-0.2, 0) is 33.2 Å². The van der Waals surface area contributed by atoms with Gasteiger partial charge in [-0.05, 0) is 0 Å². The maximum atomic E-state index is 11.1. The minimum Gasteiger partial charge on any atom is -0.394 e. The quantitative estimate of drug-likeness (QED) is 0.112. The molecule has 0 aromatic heterocycles. The molecule has 4 rings (SSSR count). The molecular formula is C23H40O20. The molecule has 4 saturated heterocycles. The van der Waals surface area contributed by atoms with Gasteiger partial charge < -0.3 is 99.5 Å². The van der Waals surface area contributed by atoms with Gasteiger partial charge in [-0.1, -0.05) is 0 Å². The second-order valence-electron chi connectivity index (χ2n) is 10.7. The lowest BCUT2D eigenvalue weighted by Crippen LogP contribution is -2.67. The molecule has 252 valence electrons. The molecule has 0 amide bonds. The van der Waals surface area contributed by atoms with Crippen molar-refractivity contribution in [3.05, 3.63) is 0 Å². The minimum atomic E-state index is -2.03. The lowest BCUT2D eigenvalue weighted by molar-refractivity contribution is -0.382. The Morgan fingerprint density at radius 1 is 0.488 bits per heavy atom. The van der Waals surface area contributed by atoms with Crippen LogP contribution in [0.3, 0.4) is 0 Å².